The molecule has 0 spiro atoms. The lowest BCUT2D eigenvalue weighted by atomic mass is 9.91. The van der Waals surface area contributed by atoms with Crippen LogP contribution in [-0.4, -0.2) is 11.1 Å². The van der Waals surface area contributed by atoms with Crippen molar-refractivity contribution in [3.63, 3.8) is 0 Å². The number of allylic oxidation sites excluding steroid dienone is 2. The van der Waals surface area contributed by atoms with Crippen molar-refractivity contribution in [2.45, 2.75) is 19.3 Å². The first-order chi connectivity index (χ1) is 8.81. The summed E-state index contributed by atoms with van der Waals surface area (Å²) in [4.78, 5) is 12.1. The van der Waals surface area contributed by atoms with E-state index in [1.807, 2.05) is 30.3 Å². The van der Waals surface area contributed by atoms with Crippen molar-refractivity contribution in [2.24, 2.45) is 0 Å². The minimum absolute atomic E-state index is 0.0887. The Morgan fingerprint density at radius 3 is 2.94 bits per heavy atom. The molecule has 3 N–H and O–H groups in total. The molecule has 2 aliphatic rings. The Labute approximate surface area is 105 Å². The van der Waals surface area contributed by atoms with Crippen molar-refractivity contribution in [1.29, 1.82) is 0 Å². The largest absolute Gasteiger partial charge is 0.321 e. The monoisotopic (exact) mass is 242 g/mol. The Morgan fingerprint density at radius 2 is 2.11 bits per heavy atom. The van der Waals surface area contributed by atoms with Crippen LogP contribution in [0.15, 0.2) is 41.6 Å². The fourth-order valence-corrected chi connectivity index (χ4v) is 2.57. The van der Waals surface area contributed by atoms with Gasteiger partial charge in [0.1, 0.15) is 0 Å². The predicted octanol–water partition coefficient (Wildman–Crippen LogP) is 2.44. The molecular formula is C14H14N2O2. The van der Waals surface area contributed by atoms with E-state index in [9.17, 15) is 10.0 Å². The van der Waals surface area contributed by atoms with E-state index in [0.717, 1.165) is 36.1 Å². The van der Waals surface area contributed by atoms with Crippen LogP contribution in [0.1, 0.15) is 24.8 Å². The van der Waals surface area contributed by atoms with E-state index in [2.05, 4.69) is 10.8 Å². The highest BCUT2D eigenvalue weighted by Crippen LogP contribution is 2.38. The Kier molecular flexibility index (Phi) is 2.64. The minimum Gasteiger partial charge on any atom is -0.321 e. The number of hydrogen-bond donors (Lipinski definition) is 3. The molecule has 0 bridgehead atoms. The third-order valence-electron chi connectivity index (χ3n) is 3.40. The molecule has 0 saturated carbocycles. The van der Waals surface area contributed by atoms with Crippen molar-refractivity contribution in [3.05, 3.63) is 47.2 Å². The highest BCUT2D eigenvalue weighted by atomic mass is 16.5. The summed E-state index contributed by atoms with van der Waals surface area (Å²) in [6, 6.07) is 7.63. The van der Waals surface area contributed by atoms with Crippen LogP contribution in [0.3, 0.4) is 0 Å². The molecule has 1 aromatic rings. The van der Waals surface area contributed by atoms with Crippen LogP contribution in [0.4, 0.5) is 5.69 Å². The zero-order valence-corrected chi connectivity index (χ0v) is 9.86. The predicted molar refractivity (Wildman–Crippen MR) is 68.8 cm³/mol. The number of amides is 1. The van der Waals surface area contributed by atoms with Gasteiger partial charge in [-0.25, -0.2) is 0 Å². The van der Waals surface area contributed by atoms with Gasteiger partial charge in [0.05, 0.1) is 11.3 Å². The first kappa shape index (κ1) is 11.0. The molecular weight excluding hydrogens is 228 g/mol. The van der Waals surface area contributed by atoms with Crippen LogP contribution in [-0.2, 0) is 4.79 Å². The van der Waals surface area contributed by atoms with E-state index >= 15 is 0 Å². The van der Waals surface area contributed by atoms with Crippen LogP contribution in [0.5, 0.6) is 0 Å². The number of rotatable bonds is 1. The molecule has 1 amide bonds. The van der Waals surface area contributed by atoms with Gasteiger partial charge < -0.3 is 5.32 Å². The molecule has 0 radical (unpaired) electrons. The molecule has 0 unspecified atom stereocenters. The molecule has 1 heterocycles. The number of benzene rings is 1. The van der Waals surface area contributed by atoms with Gasteiger partial charge in [0.2, 0.25) is 0 Å². The second-order valence-electron chi connectivity index (χ2n) is 4.48. The highest BCUT2D eigenvalue weighted by Gasteiger charge is 2.28. The van der Waals surface area contributed by atoms with Gasteiger partial charge in [0, 0.05) is 11.3 Å². The number of para-hydroxylation sites is 1. The summed E-state index contributed by atoms with van der Waals surface area (Å²) in [5.74, 6) is -0.0887. The van der Waals surface area contributed by atoms with Gasteiger partial charge in [-0.15, -0.1) is 0 Å². The van der Waals surface area contributed by atoms with Gasteiger partial charge in [-0.05, 0) is 30.9 Å². The van der Waals surface area contributed by atoms with Gasteiger partial charge in [0.15, 0.2) is 0 Å². The Balaban J connectivity index is 2.19. The molecule has 0 saturated heterocycles. The van der Waals surface area contributed by atoms with E-state index in [-0.39, 0.29) is 5.91 Å². The topological polar surface area (TPSA) is 61.4 Å². The van der Waals surface area contributed by atoms with E-state index in [4.69, 9.17) is 0 Å². The molecule has 1 aliphatic carbocycles. The standard InChI is InChI=1S/C14H14N2O2/c17-14-13(9-5-1-3-7-11(9)15-14)10-6-2-4-8-12(10)16-18/h1,3,5,7-8,16,18H,2,4,6H2,(H,15,17). The van der Waals surface area contributed by atoms with Crippen molar-refractivity contribution in [3.8, 4) is 0 Å². The summed E-state index contributed by atoms with van der Waals surface area (Å²) in [6.45, 7) is 0. The third-order valence-corrected chi connectivity index (χ3v) is 3.40. The van der Waals surface area contributed by atoms with Crippen LogP contribution in [0.25, 0.3) is 5.57 Å². The molecule has 92 valence electrons. The minimum atomic E-state index is -0.0887. The average molecular weight is 242 g/mol. The number of fused-ring (bicyclic) bond motifs is 1. The fraction of sp³-hybridized carbons (Fsp3) is 0.214. The molecule has 0 atom stereocenters. The van der Waals surface area contributed by atoms with Crippen molar-refractivity contribution in [1.82, 2.24) is 5.48 Å². The number of hydrogen-bond acceptors (Lipinski definition) is 3. The van der Waals surface area contributed by atoms with E-state index in [0.29, 0.717) is 11.3 Å². The summed E-state index contributed by atoms with van der Waals surface area (Å²) in [5, 5.41) is 12.0. The summed E-state index contributed by atoms with van der Waals surface area (Å²) in [5.41, 5.74) is 6.19. The second-order valence-corrected chi connectivity index (χ2v) is 4.48. The molecule has 4 heteroatoms. The van der Waals surface area contributed by atoms with Gasteiger partial charge in [-0.2, -0.15) is 0 Å². The van der Waals surface area contributed by atoms with Crippen molar-refractivity contribution in [2.75, 3.05) is 5.32 Å². The molecule has 1 aliphatic heterocycles. The number of carbonyl (C=O) groups is 1. The normalized spacial score (nSPS) is 22.3. The first-order valence-electron chi connectivity index (χ1n) is 6.06. The molecule has 0 fully saturated rings. The number of hydroxylamine groups is 1. The van der Waals surface area contributed by atoms with Crippen LogP contribution >= 0.6 is 0 Å². The Morgan fingerprint density at radius 1 is 1.28 bits per heavy atom. The van der Waals surface area contributed by atoms with Gasteiger partial charge in [0.25, 0.3) is 5.91 Å². The lowest BCUT2D eigenvalue weighted by molar-refractivity contribution is -0.110. The number of carbonyl (C=O) groups excluding carboxylic acids is 1. The van der Waals surface area contributed by atoms with E-state index in [1.165, 1.54) is 0 Å². The SMILES string of the molecule is O=C1Nc2ccccc2C1=C1CCCC=C1NO. The summed E-state index contributed by atoms with van der Waals surface area (Å²) in [7, 11) is 0. The number of anilines is 1. The number of nitrogens with one attached hydrogen (secondary N) is 2. The maximum Gasteiger partial charge on any atom is 0.256 e. The Hall–Kier alpha value is -2.07. The summed E-state index contributed by atoms with van der Waals surface area (Å²) in [6.07, 6.45) is 4.65. The molecule has 0 aromatic heterocycles. The highest BCUT2D eigenvalue weighted by molar-refractivity contribution is 6.32. The molecule has 4 nitrogen and oxygen atoms in total. The molecule has 1 aromatic carbocycles. The molecule has 3 rings (SSSR count). The molecule has 18 heavy (non-hydrogen) atoms. The fourth-order valence-electron chi connectivity index (χ4n) is 2.57. The quantitative estimate of drug-likeness (QED) is 0.523. The maximum atomic E-state index is 12.1. The van der Waals surface area contributed by atoms with Crippen LogP contribution < -0.4 is 10.8 Å². The average Bonchev–Trinajstić information content (AvgIpc) is 2.74. The van der Waals surface area contributed by atoms with Crippen molar-refractivity contribution < 1.29 is 10.0 Å². The summed E-state index contributed by atoms with van der Waals surface area (Å²) >= 11 is 0. The Bertz CT molecular complexity index is 573. The summed E-state index contributed by atoms with van der Waals surface area (Å²) < 4.78 is 0. The van der Waals surface area contributed by atoms with Crippen LogP contribution in [0.2, 0.25) is 0 Å². The van der Waals surface area contributed by atoms with E-state index < -0.39 is 0 Å². The maximum absolute atomic E-state index is 12.1. The third kappa shape index (κ3) is 1.62. The van der Waals surface area contributed by atoms with E-state index in [1.54, 1.807) is 0 Å². The van der Waals surface area contributed by atoms with Gasteiger partial charge in [-0.1, -0.05) is 24.3 Å². The first-order valence-corrected chi connectivity index (χ1v) is 6.06. The zero-order valence-electron chi connectivity index (χ0n) is 9.86. The lowest BCUT2D eigenvalue weighted by Crippen LogP contribution is -2.16. The smallest absolute Gasteiger partial charge is 0.256 e. The second kappa shape index (κ2) is 4.31. The van der Waals surface area contributed by atoms with Gasteiger partial charge >= 0.3 is 0 Å². The van der Waals surface area contributed by atoms with Crippen molar-refractivity contribution >= 4 is 17.2 Å². The van der Waals surface area contributed by atoms with Gasteiger partial charge in [-0.3, -0.25) is 15.5 Å². The van der Waals surface area contributed by atoms with Crippen LogP contribution in [0, 0.1) is 0 Å². The zero-order chi connectivity index (χ0) is 12.5. The lowest BCUT2D eigenvalue weighted by Gasteiger charge is -2.17.